The van der Waals surface area contributed by atoms with Crippen molar-refractivity contribution in [3.05, 3.63) is 71.1 Å². The summed E-state index contributed by atoms with van der Waals surface area (Å²) in [5, 5.41) is 14.7. The van der Waals surface area contributed by atoms with Crippen LogP contribution in [0.3, 0.4) is 0 Å². The molecule has 0 unspecified atom stereocenters. The number of ether oxygens (including phenoxy) is 1. The smallest absolute Gasteiger partial charge is 0.224 e. The number of H-pyrrole nitrogens is 2. The minimum absolute atomic E-state index is 0.0679. The van der Waals surface area contributed by atoms with E-state index in [1.54, 1.807) is 12.0 Å². The third-order valence-corrected chi connectivity index (χ3v) is 6.03. The maximum Gasteiger partial charge on any atom is 0.224 e. The van der Waals surface area contributed by atoms with Crippen molar-refractivity contribution in [2.24, 2.45) is 0 Å². The summed E-state index contributed by atoms with van der Waals surface area (Å²) >= 11 is 5.39. The number of nitrogens with one attached hydrogen (secondary N) is 2. The number of aromatic nitrogens is 5. The highest BCUT2D eigenvalue weighted by atomic mass is 32.1. The van der Waals surface area contributed by atoms with Crippen molar-refractivity contribution in [3.63, 3.8) is 0 Å². The first kappa shape index (κ1) is 23.4. The Balaban J connectivity index is 1.28. The van der Waals surface area contributed by atoms with E-state index >= 15 is 0 Å². The third kappa shape index (κ3) is 5.60. The first-order valence-corrected chi connectivity index (χ1v) is 11.6. The molecule has 0 spiro atoms. The van der Waals surface area contributed by atoms with E-state index in [1.807, 2.05) is 66.2 Å². The van der Waals surface area contributed by atoms with E-state index in [4.69, 9.17) is 17.0 Å². The normalized spacial score (nSPS) is 10.9. The monoisotopic (exact) mass is 476 g/mol. The van der Waals surface area contributed by atoms with Gasteiger partial charge in [-0.1, -0.05) is 30.3 Å². The number of nitrogens with zero attached hydrogens (tertiary/aromatic N) is 4. The van der Waals surface area contributed by atoms with Gasteiger partial charge >= 0.3 is 0 Å². The zero-order valence-electron chi connectivity index (χ0n) is 19.3. The van der Waals surface area contributed by atoms with Gasteiger partial charge in [-0.2, -0.15) is 10.2 Å². The Morgan fingerprint density at radius 3 is 2.56 bits per heavy atom. The molecule has 8 nitrogen and oxygen atoms in total. The van der Waals surface area contributed by atoms with Crippen LogP contribution in [0.5, 0.6) is 5.75 Å². The lowest BCUT2D eigenvalue weighted by Crippen LogP contribution is -2.28. The van der Waals surface area contributed by atoms with Gasteiger partial charge in [0.05, 0.1) is 12.8 Å². The summed E-state index contributed by atoms with van der Waals surface area (Å²) < 4.78 is 7.57. The predicted octanol–water partition coefficient (Wildman–Crippen LogP) is 4.49. The van der Waals surface area contributed by atoms with Crippen molar-refractivity contribution in [1.29, 1.82) is 0 Å². The molecule has 0 bridgehead atoms. The van der Waals surface area contributed by atoms with Gasteiger partial charge in [0.1, 0.15) is 5.75 Å². The minimum atomic E-state index is 0.0679. The van der Waals surface area contributed by atoms with E-state index in [1.165, 1.54) is 0 Å². The van der Waals surface area contributed by atoms with E-state index in [0.717, 1.165) is 41.1 Å². The van der Waals surface area contributed by atoms with Gasteiger partial charge in [0.15, 0.2) is 10.6 Å². The second-order valence-corrected chi connectivity index (χ2v) is 8.43. The van der Waals surface area contributed by atoms with Gasteiger partial charge in [-0.05, 0) is 55.4 Å². The quantitative estimate of drug-likeness (QED) is 0.329. The van der Waals surface area contributed by atoms with E-state index in [-0.39, 0.29) is 5.91 Å². The molecule has 4 aromatic rings. The van der Waals surface area contributed by atoms with Crippen LogP contribution in [0, 0.1) is 4.77 Å². The van der Waals surface area contributed by atoms with Crippen LogP contribution < -0.4 is 4.74 Å². The van der Waals surface area contributed by atoms with Gasteiger partial charge in [0.25, 0.3) is 0 Å². The molecule has 176 valence electrons. The lowest BCUT2D eigenvalue weighted by molar-refractivity contribution is -0.130. The molecule has 2 heterocycles. The minimum Gasteiger partial charge on any atom is -0.497 e. The number of benzene rings is 2. The number of aromatic amines is 2. The van der Waals surface area contributed by atoms with Crippen molar-refractivity contribution in [3.8, 4) is 28.4 Å². The second kappa shape index (κ2) is 10.9. The van der Waals surface area contributed by atoms with Gasteiger partial charge in [0, 0.05) is 43.4 Å². The van der Waals surface area contributed by atoms with Crippen LogP contribution in [0.2, 0.25) is 0 Å². The Labute approximate surface area is 203 Å². The summed E-state index contributed by atoms with van der Waals surface area (Å²) in [7, 11) is 3.47. The van der Waals surface area contributed by atoms with Crippen molar-refractivity contribution in [2.45, 2.75) is 25.8 Å². The molecule has 0 saturated heterocycles. The van der Waals surface area contributed by atoms with E-state index in [0.29, 0.717) is 30.1 Å². The highest BCUT2D eigenvalue weighted by Crippen LogP contribution is 2.21. The summed E-state index contributed by atoms with van der Waals surface area (Å²) in [6, 6.07) is 19.7. The highest BCUT2D eigenvalue weighted by molar-refractivity contribution is 7.71. The molecule has 0 fully saturated rings. The largest absolute Gasteiger partial charge is 0.497 e. The molecule has 0 aliphatic heterocycles. The Hall–Kier alpha value is -3.72. The van der Waals surface area contributed by atoms with Gasteiger partial charge in [-0.25, -0.2) is 0 Å². The standard InChI is InChI=1S/C25H28N6O2S/c1-30(15-6-9-20-17-22(27-26-20)18-7-4-3-5-8-18)23(32)14-16-31-24(28-29-25(31)34)19-10-12-21(33-2)13-11-19/h3-5,7-8,10-13,17H,6,9,14-16H2,1-2H3,(H,26,27)(H,29,34). The SMILES string of the molecule is COc1ccc(-c2n[nH]c(=S)n2CCC(=O)N(C)CCCc2cc(-c3ccccc3)n[nH]2)cc1. The molecular weight excluding hydrogens is 448 g/mol. The molecule has 0 radical (unpaired) electrons. The fourth-order valence-electron chi connectivity index (χ4n) is 3.76. The summed E-state index contributed by atoms with van der Waals surface area (Å²) in [4.78, 5) is 14.5. The van der Waals surface area contributed by atoms with Crippen LogP contribution in [-0.2, 0) is 17.8 Å². The fraction of sp³-hybridized carbons (Fsp3) is 0.280. The molecule has 34 heavy (non-hydrogen) atoms. The second-order valence-electron chi connectivity index (χ2n) is 8.05. The van der Waals surface area contributed by atoms with Gasteiger partial charge in [0.2, 0.25) is 5.91 Å². The van der Waals surface area contributed by atoms with Crippen LogP contribution >= 0.6 is 12.2 Å². The molecule has 4 rings (SSSR count). The number of methoxy groups -OCH3 is 1. The first-order valence-electron chi connectivity index (χ1n) is 11.2. The average Bonchev–Trinajstić information content (AvgIpc) is 3.49. The maximum absolute atomic E-state index is 12.7. The van der Waals surface area contributed by atoms with Crippen molar-refractivity contribution in [2.75, 3.05) is 20.7 Å². The van der Waals surface area contributed by atoms with E-state index < -0.39 is 0 Å². The summed E-state index contributed by atoms with van der Waals surface area (Å²) in [6.07, 6.45) is 2.02. The average molecular weight is 477 g/mol. The zero-order valence-corrected chi connectivity index (χ0v) is 20.1. The van der Waals surface area contributed by atoms with Crippen LogP contribution in [0.25, 0.3) is 22.6 Å². The molecule has 2 aromatic heterocycles. The van der Waals surface area contributed by atoms with Gasteiger partial charge in [-0.15, -0.1) is 0 Å². The zero-order chi connectivity index (χ0) is 23.9. The number of carbonyl (C=O) groups excluding carboxylic acids is 1. The van der Waals surface area contributed by atoms with Gasteiger partial charge < -0.3 is 9.64 Å². The molecule has 2 aromatic carbocycles. The maximum atomic E-state index is 12.7. The van der Waals surface area contributed by atoms with Crippen LogP contribution in [0.15, 0.2) is 60.7 Å². The number of aryl methyl sites for hydroxylation is 1. The molecule has 2 N–H and O–H groups in total. The Bertz CT molecular complexity index is 1280. The number of amides is 1. The molecular formula is C25H28N6O2S. The summed E-state index contributed by atoms with van der Waals surface area (Å²) in [5.41, 5.74) is 3.99. The lowest BCUT2D eigenvalue weighted by atomic mass is 10.1. The third-order valence-electron chi connectivity index (χ3n) is 5.72. The van der Waals surface area contributed by atoms with E-state index in [9.17, 15) is 4.79 Å². The van der Waals surface area contributed by atoms with Crippen LogP contribution in [0.1, 0.15) is 18.5 Å². The molecule has 1 amide bonds. The van der Waals surface area contributed by atoms with Crippen molar-refractivity contribution >= 4 is 18.1 Å². The molecule has 0 saturated carbocycles. The number of hydrogen-bond acceptors (Lipinski definition) is 5. The number of rotatable bonds is 10. The Morgan fingerprint density at radius 1 is 1.06 bits per heavy atom. The molecule has 0 atom stereocenters. The van der Waals surface area contributed by atoms with Gasteiger partial charge in [-0.3, -0.25) is 19.6 Å². The van der Waals surface area contributed by atoms with Crippen LogP contribution in [-0.4, -0.2) is 56.5 Å². The van der Waals surface area contributed by atoms with E-state index in [2.05, 4.69) is 26.5 Å². The number of carbonyl (C=O) groups is 1. The van der Waals surface area contributed by atoms with Crippen LogP contribution in [0.4, 0.5) is 0 Å². The summed E-state index contributed by atoms with van der Waals surface area (Å²) in [5.74, 6) is 1.54. The molecule has 0 aliphatic rings. The predicted molar refractivity (Wildman–Crippen MR) is 134 cm³/mol. The Kier molecular flexibility index (Phi) is 7.54. The summed E-state index contributed by atoms with van der Waals surface area (Å²) in [6.45, 7) is 1.13. The topological polar surface area (TPSA) is 91.8 Å². The van der Waals surface area contributed by atoms with Crippen molar-refractivity contribution in [1.82, 2.24) is 29.9 Å². The Morgan fingerprint density at radius 2 is 1.82 bits per heavy atom. The first-order chi connectivity index (χ1) is 16.5. The molecule has 0 aliphatic carbocycles. The lowest BCUT2D eigenvalue weighted by Gasteiger charge is -2.17. The highest BCUT2D eigenvalue weighted by Gasteiger charge is 2.14. The molecule has 9 heteroatoms. The fourth-order valence-corrected chi connectivity index (χ4v) is 3.99. The number of hydrogen-bond donors (Lipinski definition) is 2. The van der Waals surface area contributed by atoms with Crippen molar-refractivity contribution < 1.29 is 9.53 Å².